The summed E-state index contributed by atoms with van der Waals surface area (Å²) in [5, 5.41) is 10.2. The molecule has 3 N–H and O–H groups in total. The van der Waals surface area contributed by atoms with Crippen molar-refractivity contribution in [2.24, 2.45) is 11.8 Å². The SMILES string of the molecule is C.CC1=Cc2c(ccc3c2CCCC3)C1.CC1Cc2ccc3c(c2C1=O)CCCC3.CC1Cc2ccc3c(c2C1O)CCCC3.O=S(=O)(O)O. The van der Waals surface area contributed by atoms with E-state index < -0.39 is 10.4 Å². The van der Waals surface area contributed by atoms with Crippen molar-refractivity contribution in [1.82, 2.24) is 0 Å². The Morgan fingerprint density at radius 2 is 1.10 bits per heavy atom. The number of carbonyl (C=O) groups is 1. The molecule has 270 valence electrons. The van der Waals surface area contributed by atoms with Gasteiger partial charge in [-0.15, -0.1) is 0 Å². The highest BCUT2D eigenvalue weighted by Crippen LogP contribution is 2.41. The maximum atomic E-state index is 12.1. The number of carbonyl (C=O) groups excluding carboxylic acids is 1. The highest BCUT2D eigenvalue weighted by Gasteiger charge is 2.32. The van der Waals surface area contributed by atoms with E-state index in [1.165, 1.54) is 122 Å². The van der Waals surface area contributed by atoms with E-state index in [0.29, 0.717) is 11.7 Å². The molecule has 0 amide bonds. The van der Waals surface area contributed by atoms with Gasteiger partial charge in [0.2, 0.25) is 0 Å². The minimum atomic E-state index is -4.67. The number of fused-ring (bicyclic) bond motifs is 9. The minimum Gasteiger partial charge on any atom is -0.388 e. The zero-order valence-corrected chi connectivity index (χ0v) is 30.2. The molecule has 6 nitrogen and oxygen atoms in total. The summed E-state index contributed by atoms with van der Waals surface area (Å²) in [6, 6.07) is 13.7. The van der Waals surface area contributed by atoms with E-state index in [2.05, 4.69) is 63.2 Å². The lowest BCUT2D eigenvalue weighted by Gasteiger charge is -2.21. The fourth-order valence-electron chi connectivity index (χ4n) is 9.05. The monoisotopic (exact) mass is 700 g/mol. The van der Waals surface area contributed by atoms with Gasteiger partial charge in [0.1, 0.15) is 0 Å². The van der Waals surface area contributed by atoms with Crippen LogP contribution in [0.4, 0.5) is 0 Å². The molecule has 3 unspecified atom stereocenters. The lowest BCUT2D eigenvalue weighted by molar-refractivity contribution is 0.0945. The number of hydrogen-bond donors (Lipinski definition) is 3. The molecule has 0 saturated heterocycles. The zero-order valence-electron chi connectivity index (χ0n) is 29.4. The van der Waals surface area contributed by atoms with Crippen molar-refractivity contribution in [1.29, 1.82) is 0 Å². The van der Waals surface area contributed by atoms with Crippen molar-refractivity contribution in [3.8, 4) is 0 Å². The van der Waals surface area contributed by atoms with E-state index in [9.17, 15) is 9.90 Å². The Morgan fingerprint density at radius 1 is 0.640 bits per heavy atom. The third-order valence-corrected chi connectivity index (χ3v) is 11.4. The average Bonchev–Trinajstić information content (AvgIpc) is 3.71. The molecule has 0 aliphatic heterocycles. The number of aliphatic hydroxyl groups excluding tert-OH is 1. The molecular formula is C43H56O6S. The standard InChI is InChI=1S/C14H18O.C14H16O.C14H16.CH4.H2O4S/c2*1-9-8-11-7-6-10-4-2-3-5-12(10)13(11)14(9)15;1-10-8-12-7-6-11-4-2-3-5-13(11)14(12)9-10;;1-5(2,3)4/h6-7,9,14-15H,2-5,8H2,1H3;6-7,9H,2-5,8H2,1H3;6-7,9H,2-5,8H2,1H3;1H4;(H2,1,2,3,4). The molecule has 6 aliphatic rings. The summed E-state index contributed by atoms with van der Waals surface area (Å²) in [4.78, 5) is 12.1. The van der Waals surface area contributed by atoms with Crippen molar-refractivity contribution in [2.75, 3.05) is 0 Å². The van der Waals surface area contributed by atoms with E-state index in [0.717, 1.165) is 24.8 Å². The van der Waals surface area contributed by atoms with Crippen LogP contribution in [0.5, 0.6) is 0 Å². The number of benzene rings is 3. The predicted molar refractivity (Wildman–Crippen MR) is 203 cm³/mol. The Balaban J connectivity index is 0.000000135. The van der Waals surface area contributed by atoms with Crippen LogP contribution < -0.4 is 0 Å². The van der Waals surface area contributed by atoms with Gasteiger partial charge in [0.05, 0.1) is 6.10 Å². The molecule has 0 spiro atoms. The van der Waals surface area contributed by atoms with Crippen molar-refractivity contribution < 1.29 is 27.4 Å². The summed E-state index contributed by atoms with van der Waals surface area (Å²) in [6.45, 7) is 6.45. The third kappa shape index (κ3) is 8.50. The van der Waals surface area contributed by atoms with Crippen LogP contribution in [-0.2, 0) is 68.2 Å². The van der Waals surface area contributed by atoms with Crippen LogP contribution in [0.1, 0.15) is 144 Å². The molecule has 0 fully saturated rings. The normalized spacial score (nSPS) is 22.2. The Labute approximate surface area is 300 Å². The van der Waals surface area contributed by atoms with Crippen molar-refractivity contribution in [2.45, 2.75) is 131 Å². The highest BCUT2D eigenvalue weighted by molar-refractivity contribution is 7.79. The summed E-state index contributed by atoms with van der Waals surface area (Å²) in [7, 11) is -4.67. The number of hydrogen-bond acceptors (Lipinski definition) is 4. The van der Waals surface area contributed by atoms with Crippen LogP contribution in [0, 0.1) is 11.8 Å². The number of allylic oxidation sites excluding steroid dienone is 1. The number of Topliss-reactive ketones (excluding diaryl/α,β-unsaturated/α-hetero) is 1. The van der Waals surface area contributed by atoms with Crippen LogP contribution in [0.3, 0.4) is 0 Å². The first-order valence-electron chi connectivity index (χ1n) is 18.4. The largest absolute Gasteiger partial charge is 0.394 e. The van der Waals surface area contributed by atoms with Crippen molar-refractivity contribution in [3.63, 3.8) is 0 Å². The van der Waals surface area contributed by atoms with Gasteiger partial charge in [-0.2, -0.15) is 8.42 Å². The molecule has 0 radical (unpaired) electrons. The van der Waals surface area contributed by atoms with Gasteiger partial charge in [-0.1, -0.05) is 69.3 Å². The molecule has 0 bridgehead atoms. The van der Waals surface area contributed by atoms with E-state index >= 15 is 0 Å². The molecule has 3 aromatic rings. The first-order chi connectivity index (χ1) is 23.4. The molecule has 3 atom stereocenters. The van der Waals surface area contributed by atoms with Gasteiger partial charge in [0, 0.05) is 11.5 Å². The summed E-state index contributed by atoms with van der Waals surface area (Å²) in [5.41, 5.74) is 18.8. The van der Waals surface area contributed by atoms with E-state index in [1.807, 2.05) is 0 Å². The van der Waals surface area contributed by atoms with Crippen LogP contribution in [0.15, 0.2) is 42.0 Å². The van der Waals surface area contributed by atoms with Gasteiger partial charge in [-0.25, -0.2) is 0 Å². The first-order valence-corrected chi connectivity index (χ1v) is 19.8. The summed E-state index contributed by atoms with van der Waals surface area (Å²) >= 11 is 0. The Morgan fingerprint density at radius 3 is 1.72 bits per heavy atom. The minimum absolute atomic E-state index is 0. The van der Waals surface area contributed by atoms with E-state index in [1.54, 1.807) is 22.3 Å². The van der Waals surface area contributed by atoms with E-state index in [4.69, 9.17) is 17.5 Å². The number of aliphatic hydroxyl groups is 1. The Kier molecular flexibility index (Phi) is 12.3. The molecule has 0 aromatic heterocycles. The Bertz CT molecular complexity index is 1860. The van der Waals surface area contributed by atoms with Crippen LogP contribution >= 0.6 is 0 Å². The second-order valence-electron chi connectivity index (χ2n) is 15.1. The van der Waals surface area contributed by atoms with Gasteiger partial charge in [-0.05, 0) is 170 Å². The fraction of sp³-hybridized carbons (Fsp3) is 0.512. The van der Waals surface area contributed by atoms with E-state index in [-0.39, 0.29) is 19.4 Å². The van der Waals surface area contributed by atoms with Gasteiger partial charge in [-0.3, -0.25) is 13.9 Å². The Hall–Kier alpha value is -3.10. The second-order valence-corrected chi connectivity index (χ2v) is 16.0. The second kappa shape index (κ2) is 16.1. The van der Waals surface area contributed by atoms with Crippen LogP contribution in [-0.4, -0.2) is 28.4 Å². The van der Waals surface area contributed by atoms with Gasteiger partial charge in [0.15, 0.2) is 5.78 Å². The molecule has 50 heavy (non-hydrogen) atoms. The van der Waals surface area contributed by atoms with Crippen LogP contribution in [0.25, 0.3) is 6.08 Å². The summed E-state index contributed by atoms with van der Waals surface area (Å²) < 4.78 is 31.6. The maximum Gasteiger partial charge on any atom is 0.394 e. The third-order valence-electron chi connectivity index (χ3n) is 11.4. The molecule has 0 saturated carbocycles. The molecule has 7 heteroatoms. The number of rotatable bonds is 0. The average molecular weight is 701 g/mol. The molecular weight excluding hydrogens is 645 g/mol. The van der Waals surface area contributed by atoms with Gasteiger partial charge >= 0.3 is 10.4 Å². The molecule has 0 heterocycles. The molecule has 3 aromatic carbocycles. The number of aryl methyl sites for hydroxylation is 3. The number of ketones is 1. The predicted octanol–water partition coefficient (Wildman–Crippen LogP) is 9.24. The quantitative estimate of drug-likeness (QED) is 0.202. The van der Waals surface area contributed by atoms with Gasteiger partial charge < -0.3 is 5.11 Å². The van der Waals surface area contributed by atoms with Gasteiger partial charge in [0.25, 0.3) is 0 Å². The van der Waals surface area contributed by atoms with Crippen molar-refractivity contribution in [3.05, 3.63) is 109 Å². The first kappa shape index (κ1) is 38.1. The summed E-state index contributed by atoms with van der Waals surface area (Å²) in [6.07, 6.45) is 20.6. The molecule has 6 aliphatic carbocycles. The highest BCUT2D eigenvalue weighted by atomic mass is 32.3. The fourth-order valence-corrected chi connectivity index (χ4v) is 9.05. The summed E-state index contributed by atoms with van der Waals surface area (Å²) in [5.74, 6) is 1.02. The smallest absolute Gasteiger partial charge is 0.388 e. The lowest BCUT2D eigenvalue weighted by atomic mass is 9.86. The maximum absolute atomic E-state index is 12.1. The van der Waals surface area contributed by atoms with Crippen LogP contribution in [0.2, 0.25) is 0 Å². The van der Waals surface area contributed by atoms with Crippen molar-refractivity contribution >= 4 is 22.3 Å². The zero-order chi connectivity index (χ0) is 34.9. The lowest BCUT2D eigenvalue weighted by Crippen LogP contribution is -2.11. The molecule has 9 rings (SSSR count). The topological polar surface area (TPSA) is 112 Å².